The van der Waals surface area contributed by atoms with Crippen LogP contribution in [0.5, 0.6) is 5.75 Å². The zero-order valence-corrected chi connectivity index (χ0v) is 18.0. The standard InChI is InChI=1S/C24H31FN4O2/c25-22-15-21(31-20-9-13-27(14-10-20)19-5-1-2-6-19)7-8-23(22)29-17-18(16-26-29)24(30)28-11-3-4-12-28/h7-8,15-17,19-20H,1-6,9-14H2. The van der Waals surface area contributed by atoms with E-state index in [4.69, 9.17) is 4.74 Å². The Bertz CT molecular complexity index is 910. The minimum Gasteiger partial charge on any atom is -0.490 e. The number of halogens is 1. The summed E-state index contributed by atoms with van der Waals surface area (Å²) in [5.74, 6) is 0.123. The van der Waals surface area contributed by atoms with E-state index in [1.54, 1.807) is 18.3 Å². The highest BCUT2D eigenvalue weighted by Gasteiger charge is 2.28. The Balaban J connectivity index is 1.20. The van der Waals surface area contributed by atoms with Gasteiger partial charge in [-0.1, -0.05) is 12.8 Å². The first-order chi connectivity index (χ1) is 15.2. The molecule has 7 heteroatoms. The van der Waals surface area contributed by atoms with Gasteiger partial charge in [0, 0.05) is 44.5 Å². The Labute approximate surface area is 183 Å². The van der Waals surface area contributed by atoms with E-state index < -0.39 is 5.82 Å². The molecule has 0 spiro atoms. The first kappa shape index (κ1) is 20.5. The summed E-state index contributed by atoms with van der Waals surface area (Å²) in [6, 6.07) is 5.66. The van der Waals surface area contributed by atoms with Gasteiger partial charge < -0.3 is 14.5 Å². The lowest BCUT2D eigenvalue weighted by Gasteiger charge is -2.36. The predicted octanol–water partition coefficient (Wildman–Crippen LogP) is 4.03. The Morgan fingerprint density at radius 3 is 2.45 bits per heavy atom. The molecule has 1 saturated carbocycles. The maximum absolute atomic E-state index is 14.8. The molecule has 1 aliphatic carbocycles. The van der Waals surface area contributed by atoms with Crippen LogP contribution in [0, 0.1) is 5.82 Å². The topological polar surface area (TPSA) is 50.6 Å². The molecule has 1 aromatic carbocycles. The second-order valence-corrected chi connectivity index (χ2v) is 9.08. The fourth-order valence-electron chi connectivity index (χ4n) is 5.24. The van der Waals surface area contributed by atoms with Crippen molar-refractivity contribution in [2.24, 2.45) is 0 Å². The number of carbonyl (C=O) groups is 1. The number of amides is 1. The minimum atomic E-state index is -0.399. The van der Waals surface area contributed by atoms with Gasteiger partial charge in [-0.15, -0.1) is 0 Å². The molecule has 0 unspecified atom stereocenters. The number of nitrogens with zero attached hydrogens (tertiary/aromatic N) is 4. The summed E-state index contributed by atoms with van der Waals surface area (Å²) >= 11 is 0. The second-order valence-electron chi connectivity index (χ2n) is 9.08. The van der Waals surface area contributed by atoms with Crippen LogP contribution in [0.15, 0.2) is 30.6 Å². The molecule has 2 saturated heterocycles. The van der Waals surface area contributed by atoms with E-state index in [9.17, 15) is 9.18 Å². The molecule has 0 bridgehead atoms. The highest BCUT2D eigenvalue weighted by molar-refractivity contribution is 5.94. The summed E-state index contributed by atoms with van der Waals surface area (Å²) in [4.78, 5) is 16.9. The number of likely N-dealkylation sites (tertiary alicyclic amines) is 2. The third-order valence-corrected chi connectivity index (χ3v) is 7.01. The Kier molecular flexibility index (Phi) is 5.94. The molecule has 1 amide bonds. The highest BCUT2D eigenvalue weighted by atomic mass is 19.1. The van der Waals surface area contributed by atoms with Crippen LogP contribution in [0.25, 0.3) is 5.69 Å². The van der Waals surface area contributed by atoms with Crippen LogP contribution in [0.4, 0.5) is 4.39 Å². The molecule has 3 aliphatic rings. The minimum absolute atomic E-state index is 0.0342. The van der Waals surface area contributed by atoms with Crippen molar-refractivity contribution >= 4 is 5.91 Å². The molecule has 0 atom stereocenters. The van der Waals surface area contributed by atoms with Gasteiger partial charge in [-0.25, -0.2) is 9.07 Å². The third-order valence-electron chi connectivity index (χ3n) is 7.01. The molecule has 0 radical (unpaired) electrons. The normalized spacial score (nSPS) is 21.1. The van der Waals surface area contributed by atoms with Gasteiger partial charge >= 0.3 is 0 Å². The van der Waals surface area contributed by atoms with Crippen molar-refractivity contribution in [1.82, 2.24) is 19.6 Å². The molecule has 3 heterocycles. The highest BCUT2D eigenvalue weighted by Crippen LogP contribution is 2.28. The molecular formula is C24H31FN4O2. The van der Waals surface area contributed by atoms with Gasteiger partial charge in [-0.3, -0.25) is 4.79 Å². The van der Waals surface area contributed by atoms with Crippen LogP contribution in [-0.2, 0) is 0 Å². The van der Waals surface area contributed by atoms with E-state index in [0.717, 1.165) is 57.9 Å². The zero-order chi connectivity index (χ0) is 21.2. The van der Waals surface area contributed by atoms with Crippen molar-refractivity contribution in [2.45, 2.75) is 63.5 Å². The van der Waals surface area contributed by atoms with Gasteiger partial charge in [-0.05, 0) is 50.7 Å². The first-order valence-corrected chi connectivity index (χ1v) is 11.7. The number of aromatic nitrogens is 2. The third kappa shape index (κ3) is 4.47. The molecule has 2 aliphatic heterocycles. The number of rotatable bonds is 5. The van der Waals surface area contributed by atoms with Gasteiger partial charge in [0.1, 0.15) is 17.5 Å². The van der Waals surface area contributed by atoms with Crippen LogP contribution >= 0.6 is 0 Å². The summed E-state index contributed by atoms with van der Waals surface area (Å²) in [6.07, 6.45) is 12.7. The number of benzene rings is 1. The van der Waals surface area contributed by atoms with E-state index in [2.05, 4.69) is 10.00 Å². The van der Waals surface area contributed by atoms with Crippen molar-refractivity contribution in [3.63, 3.8) is 0 Å². The molecule has 166 valence electrons. The lowest BCUT2D eigenvalue weighted by Crippen LogP contribution is -2.43. The zero-order valence-electron chi connectivity index (χ0n) is 18.0. The molecule has 1 aromatic heterocycles. The van der Waals surface area contributed by atoms with E-state index in [0.29, 0.717) is 17.0 Å². The van der Waals surface area contributed by atoms with Crippen LogP contribution in [0.3, 0.4) is 0 Å². The largest absolute Gasteiger partial charge is 0.490 e. The van der Waals surface area contributed by atoms with Gasteiger partial charge in [0.25, 0.3) is 5.91 Å². The van der Waals surface area contributed by atoms with Gasteiger partial charge in [0.15, 0.2) is 5.82 Å². The maximum atomic E-state index is 14.8. The van der Waals surface area contributed by atoms with Crippen molar-refractivity contribution < 1.29 is 13.9 Å². The predicted molar refractivity (Wildman–Crippen MR) is 116 cm³/mol. The van der Waals surface area contributed by atoms with Gasteiger partial charge in [0.2, 0.25) is 0 Å². The van der Waals surface area contributed by atoms with Gasteiger partial charge in [-0.2, -0.15) is 5.10 Å². The van der Waals surface area contributed by atoms with E-state index in [1.165, 1.54) is 42.6 Å². The number of hydrogen-bond acceptors (Lipinski definition) is 4. The van der Waals surface area contributed by atoms with Crippen molar-refractivity contribution in [1.29, 1.82) is 0 Å². The first-order valence-electron chi connectivity index (χ1n) is 11.7. The average Bonchev–Trinajstić information content (AvgIpc) is 3.57. The monoisotopic (exact) mass is 426 g/mol. The second kappa shape index (κ2) is 8.99. The number of carbonyl (C=O) groups excluding carboxylic acids is 1. The quantitative estimate of drug-likeness (QED) is 0.724. The fraction of sp³-hybridized carbons (Fsp3) is 0.583. The molecular weight excluding hydrogens is 395 g/mol. The van der Waals surface area contributed by atoms with E-state index in [-0.39, 0.29) is 12.0 Å². The summed E-state index contributed by atoms with van der Waals surface area (Å²) in [5.41, 5.74) is 0.819. The van der Waals surface area contributed by atoms with E-state index >= 15 is 0 Å². The van der Waals surface area contributed by atoms with Crippen molar-refractivity contribution in [2.75, 3.05) is 26.2 Å². The Morgan fingerprint density at radius 2 is 1.74 bits per heavy atom. The van der Waals surface area contributed by atoms with Crippen LogP contribution in [0.1, 0.15) is 61.7 Å². The summed E-state index contributed by atoms with van der Waals surface area (Å²) in [7, 11) is 0. The van der Waals surface area contributed by atoms with Crippen molar-refractivity contribution in [3.8, 4) is 11.4 Å². The lowest BCUT2D eigenvalue weighted by atomic mass is 10.0. The van der Waals surface area contributed by atoms with Crippen LogP contribution in [-0.4, -0.2) is 63.8 Å². The summed E-state index contributed by atoms with van der Waals surface area (Å²) < 4.78 is 22.3. The molecule has 31 heavy (non-hydrogen) atoms. The van der Waals surface area contributed by atoms with Gasteiger partial charge in [0.05, 0.1) is 11.8 Å². The Morgan fingerprint density at radius 1 is 1.00 bits per heavy atom. The fourth-order valence-corrected chi connectivity index (χ4v) is 5.24. The summed E-state index contributed by atoms with van der Waals surface area (Å²) in [6.45, 7) is 3.70. The SMILES string of the molecule is O=C(c1cnn(-c2ccc(OC3CCN(C4CCCC4)CC3)cc2F)c1)N1CCCC1. The summed E-state index contributed by atoms with van der Waals surface area (Å²) in [5, 5.41) is 4.21. The molecule has 5 rings (SSSR count). The van der Waals surface area contributed by atoms with E-state index in [1.807, 2.05) is 4.90 Å². The smallest absolute Gasteiger partial charge is 0.257 e. The average molecular weight is 427 g/mol. The number of hydrogen-bond donors (Lipinski definition) is 0. The lowest BCUT2D eigenvalue weighted by molar-refractivity contribution is 0.0766. The molecule has 3 fully saturated rings. The number of piperidine rings is 1. The molecule has 0 N–H and O–H groups in total. The maximum Gasteiger partial charge on any atom is 0.257 e. The number of ether oxygens (including phenoxy) is 1. The van der Waals surface area contributed by atoms with Crippen molar-refractivity contribution in [3.05, 3.63) is 42.0 Å². The molecule has 6 nitrogen and oxygen atoms in total. The van der Waals surface area contributed by atoms with Crippen LogP contribution < -0.4 is 4.74 Å². The Hall–Kier alpha value is -2.41. The van der Waals surface area contributed by atoms with Crippen LogP contribution in [0.2, 0.25) is 0 Å². The molecule has 2 aromatic rings.